The van der Waals surface area contributed by atoms with Crippen molar-refractivity contribution in [3.05, 3.63) is 71.0 Å². The first-order chi connectivity index (χ1) is 11.7. The van der Waals surface area contributed by atoms with E-state index in [1.807, 2.05) is 13.0 Å². The first-order valence-electron chi connectivity index (χ1n) is 8.05. The molecule has 0 atom stereocenters. The fourth-order valence-electron chi connectivity index (χ4n) is 2.21. The predicted octanol–water partition coefficient (Wildman–Crippen LogP) is 3.85. The van der Waals surface area contributed by atoms with Crippen LogP contribution in [0.3, 0.4) is 0 Å². The number of rotatable bonds is 7. The van der Waals surface area contributed by atoms with Gasteiger partial charge in [0.05, 0.1) is 6.61 Å². The molecule has 2 N–H and O–H groups in total. The number of nitrogens with one attached hydrogen (secondary N) is 2. The molecule has 0 aliphatic heterocycles. The van der Waals surface area contributed by atoms with Gasteiger partial charge in [0.15, 0.2) is 5.96 Å². The van der Waals surface area contributed by atoms with Crippen molar-refractivity contribution in [3.63, 3.8) is 0 Å². The molecule has 0 bridgehead atoms. The van der Waals surface area contributed by atoms with E-state index in [4.69, 9.17) is 4.74 Å². The summed E-state index contributed by atoms with van der Waals surface area (Å²) in [6, 6.07) is 14.8. The van der Waals surface area contributed by atoms with Gasteiger partial charge in [-0.15, -0.1) is 24.0 Å². The normalized spacial score (nSPS) is 10.9. The minimum absolute atomic E-state index is 0. The number of nitrogens with zero attached hydrogens (tertiary/aromatic N) is 1. The molecule has 0 unspecified atom stereocenters. The number of hydrogen-bond donors (Lipinski definition) is 2. The number of ether oxygens (including phenoxy) is 1. The highest BCUT2D eigenvalue weighted by Crippen LogP contribution is 2.06. The molecule has 4 nitrogen and oxygen atoms in total. The van der Waals surface area contributed by atoms with Crippen LogP contribution in [0.15, 0.2) is 53.5 Å². The van der Waals surface area contributed by atoms with E-state index in [0.717, 1.165) is 23.3 Å². The Labute approximate surface area is 165 Å². The van der Waals surface area contributed by atoms with Gasteiger partial charge in [-0.2, -0.15) is 0 Å². The van der Waals surface area contributed by atoms with Gasteiger partial charge in [-0.3, -0.25) is 4.99 Å². The van der Waals surface area contributed by atoms with Crippen molar-refractivity contribution in [1.29, 1.82) is 0 Å². The van der Waals surface area contributed by atoms with E-state index in [0.29, 0.717) is 25.7 Å². The molecule has 0 saturated carbocycles. The molecule has 0 aliphatic rings. The van der Waals surface area contributed by atoms with Gasteiger partial charge in [0, 0.05) is 26.7 Å². The van der Waals surface area contributed by atoms with Gasteiger partial charge in [0.2, 0.25) is 0 Å². The van der Waals surface area contributed by atoms with E-state index >= 15 is 0 Å². The lowest BCUT2D eigenvalue weighted by Crippen LogP contribution is -2.36. The Kier molecular flexibility index (Phi) is 10.1. The highest BCUT2D eigenvalue weighted by Gasteiger charge is 2.01. The van der Waals surface area contributed by atoms with Crippen LogP contribution in [0.4, 0.5) is 4.39 Å². The lowest BCUT2D eigenvalue weighted by Gasteiger charge is -2.12. The molecule has 0 spiro atoms. The molecule has 0 aliphatic carbocycles. The quantitative estimate of drug-likeness (QED) is 0.377. The summed E-state index contributed by atoms with van der Waals surface area (Å²) in [5.41, 5.74) is 3.19. The van der Waals surface area contributed by atoms with Crippen molar-refractivity contribution in [2.45, 2.75) is 26.6 Å². The van der Waals surface area contributed by atoms with E-state index in [9.17, 15) is 4.39 Å². The fourth-order valence-corrected chi connectivity index (χ4v) is 2.21. The molecule has 0 aromatic heterocycles. The fraction of sp³-hybridized carbons (Fsp3) is 0.316. The third-order valence-electron chi connectivity index (χ3n) is 3.53. The van der Waals surface area contributed by atoms with Gasteiger partial charge in [-0.1, -0.05) is 36.4 Å². The maximum Gasteiger partial charge on any atom is 0.191 e. The van der Waals surface area contributed by atoms with E-state index in [2.05, 4.69) is 39.9 Å². The molecule has 6 heteroatoms. The molecule has 25 heavy (non-hydrogen) atoms. The van der Waals surface area contributed by atoms with Gasteiger partial charge in [-0.25, -0.2) is 4.39 Å². The summed E-state index contributed by atoms with van der Waals surface area (Å²) in [4.78, 5) is 4.18. The van der Waals surface area contributed by atoms with Crippen LogP contribution >= 0.6 is 24.0 Å². The minimum Gasteiger partial charge on any atom is -0.377 e. The summed E-state index contributed by atoms with van der Waals surface area (Å²) >= 11 is 0. The zero-order valence-corrected chi connectivity index (χ0v) is 16.9. The number of guanidine groups is 1. The number of halogens is 2. The van der Waals surface area contributed by atoms with Crippen molar-refractivity contribution in [2.75, 3.05) is 13.7 Å². The van der Waals surface area contributed by atoms with E-state index in [-0.39, 0.29) is 29.8 Å². The Balaban J connectivity index is 0.00000312. The van der Waals surface area contributed by atoms with Crippen LogP contribution < -0.4 is 10.6 Å². The summed E-state index contributed by atoms with van der Waals surface area (Å²) in [6.45, 7) is 4.53. The monoisotopic (exact) mass is 457 g/mol. The van der Waals surface area contributed by atoms with Gasteiger partial charge >= 0.3 is 0 Å². The molecular weight excluding hydrogens is 432 g/mol. The van der Waals surface area contributed by atoms with Crippen LogP contribution in [0.25, 0.3) is 0 Å². The number of benzene rings is 2. The Morgan fingerprint density at radius 1 is 1.00 bits per heavy atom. The molecule has 0 saturated heterocycles. The number of hydrogen-bond acceptors (Lipinski definition) is 2. The van der Waals surface area contributed by atoms with Gasteiger partial charge < -0.3 is 15.4 Å². The molecule has 2 aromatic rings. The molecule has 136 valence electrons. The van der Waals surface area contributed by atoms with Crippen molar-refractivity contribution in [3.8, 4) is 0 Å². The van der Waals surface area contributed by atoms with Crippen LogP contribution in [0.5, 0.6) is 0 Å². The largest absolute Gasteiger partial charge is 0.377 e. The highest BCUT2D eigenvalue weighted by atomic mass is 127. The van der Waals surface area contributed by atoms with E-state index < -0.39 is 0 Å². The zero-order valence-electron chi connectivity index (χ0n) is 14.6. The molecule has 2 aromatic carbocycles. The lowest BCUT2D eigenvalue weighted by molar-refractivity contribution is 0.134. The first-order valence-corrected chi connectivity index (χ1v) is 8.05. The Morgan fingerprint density at radius 2 is 1.64 bits per heavy atom. The second-order valence-corrected chi connectivity index (χ2v) is 5.36. The third kappa shape index (κ3) is 7.83. The molecular formula is C19H25FIN3O. The molecule has 0 radical (unpaired) electrons. The van der Waals surface area contributed by atoms with Crippen molar-refractivity contribution < 1.29 is 9.13 Å². The van der Waals surface area contributed by atoms with Gasteiger partial charge in [0.25, 0.3) is 0 Å². The van der Waals surface area contributed by atoms with E-state index in [1.54, 1.807) is 13.1 Å². The van der Waals surface area contributed by atoms with Crippen LogP contribution in [0.1, 0.15) is 23.6 Å². The summed E-state index contributed by atoms with van der Waals surface area (Å²) in [6.07, 6.45) is 0. The van der Waals surface area contributed by atoms with Crippen LogP contribution in [0, 0.1) is 5.82 Å². The molecule has 2 rings (SSSR count). The van der Waals surface area contributed by atoms with Crippen molar-refractivity contribution in [2.24, 2.45) is 4.99 Å². The Bertz CT molecular complexity index is 662. The number of aliphatic imine (C=N–C) groups is 1. The zero-order chi connectivity index (χ0) is 17.2. The summed E-state index contributed by atoms with van der Waals surface area (Å²) in [5, 5.41) is 6.42. The standard InChI is InChI=1S/C19H24FN3O.HI/c1-3-24-14-16-9-7-15(8-10-16)12-22-19(21-2)23-13-17-5-4-6-18(20)11-17;/h4-11H,3,12-14H2,1-2H3,(H2,21,22,23);1H. The predicted molar refractivity (Wildman–Crippen MR) is 111 cm³/mol. The molecule has 0 heterocycles. The summed E-state index contributed by atoms with van der Waals surface area (Å²) in [5.74, 6) is 0.446. The maximum atomic E-state index is 13.2. The van der Waals surface area contributed by atoms with Crippen LogP contribution in [-0.4, -0.2) is 19.6 Å². The van der Waals surface area contributed by atoms with Crippen LogP contribution in [0.2, 0.25) is 0 Å². The molecule has 0 fully saturated rings. The first kappa shape index (κ1) is 21.4. The maximum absolute atomic E-state index is 13.2. The Morgan fingerprint density at radius 3 is 2.24 bits per heavy atom. The van der Waals surface area contributed by atoms with Gasteiger partial charge in [-0.05, 0) is 35.7 Å². The lowest BCUT2D eigenvalue weighted by atomic mass is 10.1. The SMILES string of the molecule is CCOCc1ccc(CNC(=NC)NCc2cccc(F)c2)cc1.I. The van der Waals surface area contributed by atoms with Gasteiger partial charge in [0.1, 0.15) is 5.82 Å². The average molecular weight is 457 g/mol. The molecule has 0 amide bonds. The average Bonchev–Trinajstić information content (AvgIpc) is 2.61. The summed E-state index contributed by atoms with van der Waals surface area (Å²) < 4.78 is 18.6. The minimum atomic E-state index is -0.232. The second kappa shape index (κ2) is 11.8. The summed E-state index contributed by atoms with van der Waals surface area (Å²) in [7, 11) is 1.71. The highest BCUT2D eigenvalue weighted by molar-refractivity contribution is 14.0. The third-order valence-corrected chi connectivity index (χ3v) is 3.53. The van der Waals surface area contributed by atoms with Crippen LogP contribution in [-0.2, 0) is 24.4 Å². The topological polar surface area (TPSA) is 45.6 Å². The van der Waals surface area contributed by atoms with E-state index in [1.165, 1.54) is 12.1 Å². The van der Waals surface area contributed by atoms with Crippen molar-refractivity contribution >= 4 is 29.9 Å². The second-order valence-electron chi connectivity index (χ2n) is 5.36. The smallest absolute Gasteiger partial charge is 0.191 e. The Hall–Kier alpha value is -1.67. The van der Waals surface area contributed by atoms with Crippen molar-refractivity contribution in [1.82, 2.24) is 10.6 Å².